The molecule has 0 radical (unpaired) electrons. The van der Waals surface area contributed by atoms with E-state index in [-0.39, 0.29) is 10.0 Å². The number of hydrogen-bond donors (Lipinski definition) is 1. The van der Waals surface area contributed by atoms with Crippen molar-refractivity contribution in [1.29, 1.82) is 0 Å². The molecule has 0 spiro atoms. The van der Waals surface area contributed by atoms with Crippen molar-refractivity contribution >= 4 is 34.0 Å². The molecule has 7 heteroatoms. The van der Waals surface area contributed by atoms with Crippen LogP contribution in [0, 0.1) is 0 Å². The number of halogens is 1. The van der Waals surface area contributed by atoms with E-state index in [9.17, 15) is 4.79 Å². The summed E-state index contributed by atoms with van der Waals surface area (Å²) in [6.07, 6.45) is 2.15. The molecule has 0 unspecified atom stereocenters. The predicted molar refractivity (Wildman–Crippen MR) is 77.6 cm³/mol. The molecule has 1 aliphatic rings. The van der Waals surface area contributed by atoms with Gasteiger partial charge >= 0.3 is 5.97 Å². The Kier molecular flexibility index (Phi) is 4.65. The van der Waals surface area contributed by atoms with Gasteiger partial charge in [0.05, 0.1) is 0 Å². The first-order chi connectivity index (χ1) is 9.02. The maximum Gasteiger partial charge on any atom is 0.349 e. The zero-order valence-corrected chi connectivity index (χ0v) is 12.7. The number of aromatic carboxylic acids is 1. The highest BCUT2D eigenvalue weighted by molar-refractivity contribution is 7.18. The van der Waals surface area contributed by atoms with E-state index in [1.165, 1.54) is 0 Å². The van der Waals surface area contributed by atoms with Gasteiger partial charge in [-0.1, -0.05) is 29.9 Å². The van der Waals surface area contributed by atoms with Gasteiger partial charge in [0.25, 0.3) is 0 Å². The number of carboxylic acid groups (broad SMARTS) is 1. The lowest BCUT2D eigenvalue weighted by Crippen LogP contribution is -2.43. The number of hydrogen-bond acceptors (Lipinski definition) is 5. The van der Waals surface area contributed by atoms with Crippen molar-refractivity contribution in [1.82, 2.24) is 9.88 Å². The highest BCUT2D eigenvalue weighted by atomic mass is 35.5. The van der Waals surface area contributed by atoms with Crippen molar-refractivity contribution in [3.05, 3.63) is 10.0 Å². The third kappa shape index (κ3) is 3.19. The number of thiazole rings is 1. The Morgan fingerprint density at radius 1 is 1.58 bits per heavy atom. The van der Waals surface area contributed by atoms with Gasteiger partial charge < -0.3 is 14.9 Å². The molecule has 1 aromatic heterocycles. The minimum Gasteiger partial charge on any atom is -0.477 e. The van der Waals surface area contributed by atoms with E-state index in [2.05, 4.69) is 21.7 Å². The van der Waals surface area contributed by atoms with Crippen molar-refractivity contribution in [3.8, 4) is 0 Å². The smallest absolute Gasteiger partial charge is 0.349 e. The van der Waals surface area contributed by atoms with Gasteiger partial charge in [0.2, 0.25) is 0 Å². The second-order valence-corrected chi connectivity index (χ2v) is 6.03. The van der Waals surface area contributed by atoms with Gasteiger partial charge in [0.1, 0.15) is 0 Å². The Morgan fingerprint density at radius 2 is 2.21 bits per heavy atom. The third-order valence-corrected chi connectivity index (χ3v) is 5.14. The molecule has 2 rings (SSSR count). The summed E-state index contributed by atoms with van der Waals surface area (Å²) in [6.45, 7) is 5.42. The van der Waals surface area contributed by atoms with Crippen LogP contribution >= 0.6 is 22.9 Å². The average molecular weight is 304 g/mol. The van der Waals surface area contributed by atoms with Gasteiger partial charge in [-0.25, -0.2) is 9.78 Å². The van der Waals surface area contributed by atoms with E-state index in [0.29, 0.717) is 11.2 Å². The minimum absolute atomic E-state index is 0.0883. The molecule has 1 aliphatic heterocycles. The Labute approximate surface area is 121 Å². The molecule has 0 aliphatic carbocycles. The van der Waals surface area contributed by atoms with Crippen LogP contribution in [0.2, 0.25) is 5.15 Å². The van der Waals surface area contributed by atoms with Gasteiger partial charge in [-0.2, -0.15) is 0 Å². The molecule has 1 saturated heterocycles. The molecule has 0 amide bonds. The van der Waals surface area contributed by atoms with Gasteiger partial charge in [-0.15, -0.1) is 0 Å². The zero-order valence-electron chi connectivity index (χ0n) is 11.1. The van der Waals surface area contributed by atoms with Crippen LogP contribution in [0.4, 0.5) is 5.13 Å². The summed E-state index contributed by atoms with van der Waals surface area (Å²) in [5.74, 6) is -1.01. The molecule has 1 aromatic rings. The molecule has 0 saturated carbocycles. The van der Waals surface area contributed by atoms with Crippen molar-refractivity contribution in [2.75, 3.05) is 31.6 Å². The van der Waals surface area contributed by atoms with Gasteiger partial charge in [0.15, 0.2) is 15.2 Å². The van der Waals surface area contributed by atoms with Crippen molar-refractivity contribution < 1.29 is 9.90 Å². The predicted octanol–water partition coefficient (Wildman–Crippen LogP) is 2.42. The number of rotatable bonds is 4. The fraction of sp³-hybridized carbons (Fsp3) is 0.667. The largest absolute Gasteiger partial charge is 0.477 e. The molecule has 1 N–H and O–H groups in total. The first-order valence-corrected chi connectivity index (χ1v) is 7.57. The highest BCUT2D eigenvalue weighted by Gasteiger charge is 2.25. The van der Waals surface area contributed by atoms with Gasteiger partial charge in [-0.05, 0) is 19.4 Å². The number of aromatic nitrogens is 1. The standard InChI is InChI=1S/C12H18ClN3O2S/c1-3-16-6-4-8(5-7-16)15(2)12-14-10(13)9(19-12)11(17)18/h8H,3-7H2,1-2H3,(H,17,18). The van der Waals surface area contributed by atoms with Crippen LogP contribution in [0.5, 0.6) is 0 Å². The molecule has 19 heavy (non-hydrogen) atoms. The first kappa shape index (κ1) is 14.6. The van der Waals surface area contributed by atoms with Crippen LogP contribution < -0.4 is 4.90 Å². The molecule has 106 valence electrons. The number of carbonyl (C=O) groups is 1. The van der Waals surface area contributed by atoms with E-state index < -0.39 is 5.97 Å². The number of likely N-dealkylation sites (tertiary alicyclic amines) is 1. The molecule has 0 aromatic carbocycles. The second-order valence-electron chi connectivity index (χ2n) is 4.70. The lowest BCUT2D eigenvalue weighted by atomic mass is 10.0. The van der Waals surface area contributed by atoms with E-state index in [0.717, 1.165) is 43.8 Å². The summed E-state index contributed by atoms with van der Waals surface area (Å²) in [4.78, 5) is 19.7. The van der Waals surface area contributed by atoms with E-state index in [1.807, 2.05) is 7.05 Å². The molecule has 5 nitrogen and oxygen atoms in total. The molecule has 2 heterocycles. The first-order valence-electron chi connectivity index (χ1n) is 6.37. The highest BCUT2D eigenvalue weighted by Crippen LogP contribution is 2.31. The summed E-state index contributed by atoms with van der Waals surface area (Å²) in [7, 11) is 1.97. The Bertz CT molecular complexity index is 458. The molecule has 0 bridgehead atoms. The SMILES string of the molecule is CCN1CCC(N(C)c2nc(Cl)c(C(=O)O)s2)CC1. The van der Waals surface area contributed by atoms with Crippen LogP contribution in [0.1, 0.15) is 29.4 Å². The monoisotopic (exact) mass is 303 g/mol. The zero-order chi connectivity index (χ0) is 14.0. The third-order valence-electron chi connectivity index (χ3n) is 3.62. The van der Waals surface area contributed by atoms with Crippen molar-refractivity contribution in [2.24, 2.45) is 0 Å². The summed E-state index contributed by atoms with van der Waals surface area (Å²) < 4.78 is 0. The normalized spacial score (nSPS) is 17.6. The van der Waals surface area contributed by atoms with Crippen LogP contribution in [-0.2, 0) is 0 Å². The van der Waals surface area contributed by atoms with Crippen molar-refractivity contribution in [3.63, 3.8) is 0 Å². The maximum atomic E-state index is 11.0. The number of carboxylic acids is 1. The fourth-order valence-corrected chi connectivity index (χ4v) is 3.51. The van der Waals surface area contributed by atoms with E-state index in [4.69, 9.17) is 16.7 Å². The Balaban J connectivity index is 2.06. The van der Waals surface area contributed by atoms with Crippen LogP contribution in [0.25, 0.3) is 0 Å². The molecule has 1 fully saturated rings. The quantitative estimate of drug-likeness (QED) is 0.926. The molecule has 0 atom stereocenters. The second kappa shape index (κ2) is 6.07. The van der Waals surface area contributed by atoms with Gasteiger partial charge in [-0.3, -0.25) is 0 Å². The number of nitrogens with zero attached hydrogens (tertiary/aromatic N) is 3. The van der Waals surface area contributed by atoms with Crippen LogP contribution in [0.3, 0.4) is 0 Å². The molecular formula is C12H18ClN3O2S. The Morgan fingerprint density at radius 3 is 2.68 bits per heavy atom. The topological polar surface area (TPSA) is 56.7 Å². The van der Waals surface area contributed by atoms with E-state index in [1.54, 1.807) is 0 Å². The van der Waals surface area contributed by atoms with Crippen molar-refractivity contribution in [2.45, 2.75) is 25.8 Å². The average Bonchev–Trinajstić information content (AvgIpc) is 2.80. The summed E-state index contributed by atoms with van der Waals surface area (Å²) in [5.41, 5.74) is 0. The van der Waals surface area contributed by atoms with Crippen LogP contribution in [0.15, 0.2) is 0 Å². The number of anilines is 1. The van der Waals surface area contributed by atoms with E-state index >= 15 is 0 Å². The summed E-state index contributed by atoms with van der Waals surface area (Å²) in [5, 5.41) is 9.78. The fourth-order valence-electron chi connectivity index (χ4n) is 2.35. The number of piperidine rings is 1. The molecular weight excluding hydrogens is 286 g/mol. The lowest BCUT2D eigenvalue weighted by Gasteiger charge is -2.36. The lowest BCUT2D eigenvalue weighted by molar-refractivity contribution is 0.0702. The maximum absolute atomic E-state index is 11.0. The Hall–Kier alpha value is -0.850. The van der Waals surface area contributed by atoms with Crippen LogP contribution in [-0.4, -0.2) is 53.7 Å². The summed E-state index contributed by atoms with van der Waals surface area (Å²) in [6, 6.07) is 0.409. The summed E-state index contributed by atoms with van der Waals surface area (Å²) >= 11 is 7.00. The minimum atomic E-state index is -1.01. The van der Waals surface area contributed by atoms with Gasteiger partial charge in [0, 0.05) is 26.2 Å².